The molecular weight excluding hydrogens is 210 g/mol. The van der Waals surface area contributed by atoms with E-state index in [1.807, 2.05) is 6.92 Å². The second kappa shape index (κ2) is 4.22. The highest BCUT2D eigenvalue weighted by Crippen LogP contribution is 2.45. The first-order valence-electron chi connectivity index (χ1n) is 5.48. The number of amides is 1. The van der Waals surface area contributed by atoms with Crippen molar-refractivity contribution in [3.63, 3.8) is 0 Å². The molecule has 1 fully saturated rings. The van der Waals surface area contributed by atoms with Crippen LogP contribution < -0.4 is 5.32 Å². The summed E-state index contributed by atoms with van der Waals surface area (Å²) in [5, 5.41) is 21.0. The molecule has 0 spiro atoms. The summed E-state index contributed by atoms with van der Waals surface area (Å²) in [6.45, 7) is 6.93. The summed E-state index contributed by atoms with van der Waals surface area (Å²) in [5.41, 5.74) is -0.981. The predicted octanol–water partition coefficient (Wildman–Crippen LogP) is 0.643. The van der Waals surface area contributed by atoms with Gasteiger partial charge in [0, 0.05) is 11.5 Å². The molecule has 1 aliphatic carbocycles. The monoisotopic (exact) mass is 231 g/mol. The van der Waals surface area contributed by atoms with Gasteiger partial charge >= 0.3 is 6.09 Å². The fraction of sp³-hybridized carbons (Fsp3) is 0.909. The van der Waals surface area contributed by atoms with E-state index in [-0.39, 0.29) is 12.5 Å². The number of ether oxygens (including phenoxy) is 1. The van der Waals surface area contributed by atoms with Crippen molar-refractivity contribution in [2.75, 3.05) is 6.61 Å². The number of aliphatic hydroxyl groups excluding tert-OH is 2. The minimum absolute atomic E-state index is 0.0926. The highest BCUT2D eigenvalue weighted by molar-refractivity contribution is 5.69. The Morgan fingerprint density at radius 3 is 2.62 bits per heavy atom. The quantitative estimate of drug-likeness (QED) is 0.666. The van der Waals surface area contributed by atoms with Crippen LogP contribution in [0.4, 0.5) is 4.79 Å². The van der Waals surface area contributed by atoms with Gasteiger partial charge in [0.1, 0.15) is 5.60 Å². The van der Waals surface area contributed by atoms with Gasteiger partial charge in [-0.3, -0.25) is 0 Å². The topological polar surface area (TPSA) is 78.8 Å². The van der Waals surface area contributed by atoms with Crippen LogP contribution in [0.2, 0.25) is 0 Å². The van der Waals surface area contributed by atoms with Crippen LogP contribution in [0, 0.1) is 5.92 Å². The van der Waals surface area contributed by atoms with E-state index in [9.17, 15) is 9.90 Å². The van der Waals surface area contributed by atoms with Crippen LogP contribution in [0.1, 0.15) is 34.1 Å². The molecule has 1 saturated carbocycles. The molecule has 3 atom stereocenters. The summed E-state index contributed by atoms with van der Waals surface area (Å²) in [5.74, 6) is -0.0926. The van der Waals surface area contributed by atoms with Crippen molar-refractivity contribution in [1.82, 2.24) is 5.32 Å². The molecule has 3 unspecified atom stereocenters. The number of rotatable bonds is 3. The lowest BCUT2D eigenvalue weighted by atomic mass is 10.1. The van der Waals surface area contributed by atoms with Gasteiger partial charge in [-0.2, -0.15) is 0 Å². The number of nitrogens with one attached hydrogen (secondary N) is 1. The first-order valence-corrected chi connectivity index (χ1v) is 5.48. The van der Waals surface area contributed by atoms with Crippen LogP contribution in [-0.2, 0) is 4.74 Å². The average Bonchev–Trinajstić information content (AvgIpc) is 2.72. The molecule has 0 saturated heterocycles. The minimum Gasteiger partial charge on any atom is -0.444 e. The molecule has 1 amide bonds. The summed E-state index contributed by atoms with van der Waals surface area (Å²) in [6.07, 6.45) is -0.601. The van der Waals surface area contributed by atoms with Gasteiger partial charge in [0.05, 0.1) is 12.7 Å². The van der Waals surface area contributed by atoms with Gasteiger partial charge in [-0.05, 0) is 34.1 Å². The number of aliphatic hydroxyl groups is 2. The predicted molar refractivity (Wildman–Crippen MR) is 59.0 cm³/mol. The lowest BCUT2D eigenvalue weighted by Gasteiger charge is -2.22. The lowest BCUT2D eigenvalue weighted by Crippen LogP contribution is -2.41. The molecule has 0 aromatic rings. The normalized spacial score (nSPS) is 30.8. The molecule has 1 rings (SSSR count). The third kappa shape index (κ3) is 3.35. The Balaban J connectivity index is 2.42. The maximum atomic E-state index is 11.5. The Morgan fingerprint density at radius 2 is 2.19 bits per heavy atom. The van der Waals surface area contributed by atoms with Crippen LogP contribution >= 0.6 is 0 Å². The van der Waals surface area contributed by atoms with Crippen molar-refractivity contribution >= 4 is 6.09 Å². The molecule has 16 heavy (non-hydrogen) atoms. The van der Waals surface area contributed by atoms with Crippen LogP contribution in [0.5, 0.6) is 0 Å². The first-order chi connectivity index (χ1) is 7.18. The zero-order valence-electron chi connectivity index (χ0n) is 10.3. The molecule has 0 aliphatic heterocycles. The van der Waals surface area contributed by atoms with E-state index in [2.05, 4.69) is 5.32 Å². The number of hydrogen-bond donors (Lipinski definition) is 3. The Morgan fingerprint density at radius 1 is 1.62 bits per heavy atom. The standard InChI is InChI=1S/C11H21NO4/c1-10(2,3)16-9(15)12-11(4)5-7(11)8(14)6-13/h7-8,13-14H,5-6H2,1-4H3,(H,12,15). The second-order valence-corrected chi connectivity index (χ2v) is 5.60. The summed E-state index contributed by atoms with van der Waals surface area (Å²) < 4.78 is 5.12. The highest BCUT2D eigenvalue weighted by atomic mass is 16.6. The number of carbonyl (C=O) groups excluding carboxylic acids is 1. The maximum Gasteiger partial charge on any atom is 0.408 e. The average molecular weight is 231 g/mol. The minimum atomic E-state index is -0.778. The largest absolute Gasteiger partial charge is 0.444 e. The highest BCUT2D eigenvalue weighted by Gasteiger charge is 2.55. The van der Waals surface area contributed by atoms with Gasteiger partial charge in [0.25, 0.3) is 0 Å². The van der Waals surface area contributed by atoms with Gasteiger partial charge < -0.3 is 20.3 Å². The molecule has 0 heterocycles. The lowest BCUT2D eigenvalue weighted by molar-refractivity contribution is 0.0449. The van der Waals surface area contributed by atoms with Gasteiger partial charge in [-0.15, -0.1) is 0 Å². The summed E-state index contributed by atoms with van der Waals surface area (Å²) in [6, 6.07) is 0. The third-order valence-corrected chi connectivity index (χ3v) is 2.74. The van der Waals surface area contributed by atoms with Gasteiger partial charge in [-0.1, -0.05) is 0 Å². The smallest absolute Gasteiger partial charge is 0.408 e. The van der Waals surface area contributed by atoms with E-state index in [1.165, 1.54) is 0 Å². The molecule has 0 bridgehead atoms. The first kappa shape index (κ1) is 13.3. The molecule has 0 radical (unpaired) electrons. The van der Waals surface area contributed by atoms with E-state index >= 15 is 0 Å². The van der Waals surface area contributed by atoms with Crippen LogP contribution in [0.3, 0.4) is 0 Å². The second-order valence-electron chi connectivity index (χ2n) is 5.60. The molecule has 0 aromatic carbocycles. The van der Waals surface area contributed by atoms with Crippen LogP contribution in [-0.4, -0.2) is 40.2 Å². The van der Waals surface area contributed by atoms with Gasteiger partial charge in [0.15, 0.2) is 0 Å². The third-order valence-electron chi connectivity index (χ3n) is 2.74. The van der Waals surface area contributed by atoms with Crippen molar-refractivity contribution in [3.05, 3.63) is 0 Å². The zero-order valence-corrected chi connectivity index (χ0v) is 10.3. The van der Waals surface area contributed by atoms with Crippen molar-refractivity contribution in [1.29, 1.82) is 0 Å². The van der Waals surface area contributed by atoms with E-state index in [0.717, 1.165) is 0 Å². The van der Waals surface area contributed by atoms with Crippen molar-refractivity contribution < 1.29 is 19.7 Å². The van der Waals surface area contributed by atoms with Gasteiger partial charge in [0.2, 0.25) is 0 Å². The SMILES string of the molecule is CC(C)(C)OC(=O)NC1(C)CC1C(O)CO. The van der Waals surface area contributed by atoms with Gasteiger partial charge in [-0.25, -0.2) is 4.79 Å². The Bertz CT molecular complexity index is 274. The van der Waals surface area contributed by atoms with E-state index in [1.54, 1.807) is 20.8 Å². The van der Waals surface area contributed by atoms with Crippen molar-refractivity contribution in [2.24, 2.45) is 5.92 Å². The molecule has 3 N–H and O–H groups in total. The zero-order chi connectivity index (χ0) is 12.6. The Labute approximate surface area is 95.8 Å². The summed E-state index contributed by atoms with van der Waals surface area (Å²) >= 11 is 0. The number of hydrogen-bond acceptors (Lipinski definition) is 4. The molecular formula is C11H21NO4. The molecule has 94 valence electrons. The summed E-state index contributed by atoms with van der Waals surface area (Å²) in [7, 11) is 0. The van der Waals surface area contributed by atoms with E-state index in [4.69, 9.17) is 9.84 Å². The fourth-order valence-electron chi connectivity index (χ4n) is 1.77. The summed E-state index contributed by atoms with van der Waals surface area (Å²) in [4.78, 5) is 11.5. The maximum absolute atomic E-state index is 11.5. The molecule has 0 aromatic heterocycles. The molecule has 5 nitrogen and oxygen atoms in total. The number of alkyl carbamates (subject to hydrolysis) is 1. The number of carbonyl (C=O) groups is 1. The van der Waals surface area contributed by atoms with Crippen LogP contribution in [0.25, 0.3) is 0 Å². The molecule has 1 aliphatic rings. The van der Waals surface area contributed by atoms with Crippen molar-refractivity contribution in [2.45, 2.75) is 51.4 Å². The van der Waals surface area contributed by atoms with Crippen molar-refractivity contribution in [3.8, 4) is 0 Å². The fourth-order valence-corrected chi connectivity index (χ4v) is 1.77. The van der Waals surface area contributed by atoms with E-state index < -0.39 is 23.3 Å². The van der Waals surface area contributed by atoms with Crippen LogP contribution in [0.15, 0.2) is 0 Å². The molecule has 5 heteroatoms. The Hall–Kier alpha value is -0.810. The Kier molecular flexibility index (Phi) is 3.50. The van der Waals surface area contributed by atoms with E-state index in [0.29, 0.717) is 6.42 Å².